The fraction of sp³-hybridized carbons (Fsp3) is 0.533. The van der Waals surface area contributed by atoms with Crippen LogP contribution in [0.5, 0.6) is 5.75 Å². The summed E-state index contributed by atoms with van der Waals surface area (Å²) in [6.07, 6.45) is 1.63. The summed E-state index contributed by atoms with van der Waals surface area (Å²) in [4.78, 5) is 4.84. The summed E-state index contributed by atoms with van der Waals surface area (Å²) in [5.41, 5.74) is 1.16. The highest BCUT2D eigenvalue weighted by Gasteiger charge is 2.16. The van der Waals surface area contributed by atoms with E-state index >= 15 is 0 Å². The topological polar surface area (TPSA) is 50.5 Å². The number of hydrogen-bond acceptors (Lipinski definition) is 4. The molecule has 0 bridgehead atoms. The first-order valence-electron chi connectivity index (χ1n) is 6.87. The van der Waals surface area contributed by atoms with E-state index in [1.54, 1.807) is 6.07 Å². The van der Waals surface area contributed by atoms with Crippen molar-refractivity contribution in [2.75, 3.05) is 32.7 Å². The van der Waals surface area contributed by atoms with Crippen molar-refractivity contribution in [3.63, 3.8) is 0 Å². The van der Waals surface area contributed by atoms with Crippen LogP contribution in [0, 0.1) is 11.3 Å². The molecule has 0 amide bonds. The van der Waals surface area contributed by atoms with Crippen LogP contribution < -0.4 is 0 Å². The molecular weight excluding hydrogens is 238 g/mol. The second kappa shape index (κ2) is 7.13. The van der Waals surface area contributed by atoms with Crippen LogP contribution in [0.3, 0.4) is 0 Å². The molecule has 2 rings (SSSR count). The number of phenols is 1. The summed E-state index contributed by atoms with van der Waals surface area (Å²) in [6, 6.07) is 9.68. The Labute approximate surface area is 114 Å². The number of nitrogens with zero attached hydrogens (tertiary/aromatic N) is 3. The Morgan fingerprint density at radius 2 is 1.89 bits per heavy atom. The Kier molecular flexibility index (Phi) is 5.20. The number of aromatic hydroxyl groups is 1. The van der Waals surface area contributed by atoms with Gasteiger partial charge in [-0.1, -0.05) is 12.1 Å². The standard InChI is InChI=1S/C15H21N3O/c16-6-1-2-7-17-8-10-18(11-9-17)13-14-4-3-5-15(19)12-14/h3-5,12,19H,1-2,7-11,13H2. The highest BCUT2D eigenvalue weighted by Crippen LogP contribution is 2.14. The lowest BCUT2D eigenvalue weighted by molar-refractivity contribution is 0.126. The van der Waals surface area contributed by atoms with E-state index in [1.165, 1.54) is 0 Å². The van der Waals surface area contributed by atoms with E-state index in [0.717, 1.165) is 51.3 Å². The summed E-state index contributed by atoms with van der Waals surface area (Å²) >= 11 is 0. The van der Waals surface area contributed by atoms with Gasteiger partial charge < -0.3 is 10.0 Å². The third-order valence-corrected chi connectivity index (χ3v) is 3.54. The van der Waals surface area contributed by atoms with Crippen molar-refractivity contribution in [3.8, 4) is 11.8 Å². The summed E-state index contributed by atoms with van der Waals surface area (Å²) in [5.74, 6) is 0.340. The molecule has 1 heterocycles. The van der Waals surface area contributed by atoms with Crippen molar-refractivity contribution >= 4 is 0 Å². The van der Waals surface area contributed by atoms with Gasteiger partial charge in [0.1, 0.15) is 5.75 Å². The maximum absolute atomic E-state index is 9.45. The highest BCUT2D eigenvalue weighted by atomic mass is 16.3. The molecule has 1 aromatic rings. The van der Waals surface area contributed by atoms with Crippen LogP contribution in [0.25, 0.3) is 0 Å². The summed E-state index contributed by atoms with van der Waals surface area (Å²) < 4.78 is 0. The largest absolute Gasteiger partial charge is 0.508 e. The number of hydrogen-bond donors (Lipinski definition) is 1. The van der Waals surface area contributed by atoms with Crippen LogP contribution in [0.1, 0.15) is 18.4 Å². The predicted octanol–water partition coefficient (Wildman–Crippen LogP) is 1.81. The molecule has 102 valence electrons. The van der Waals surface area contributed by atoms with Crippen molar-refractivity contribution in [2.24, 2.45) is 0 Å². The van der Waals surface area contributed by atoms with Crippen molar-refractivity contribution in [2.45, 2.75) is 19.4 Å². The average Bonchev–Trinajstić information content (AvgIpc) is 2.41. The minimum atomic E-state index is 0.340. The van der Waals surface area contributed by atoms with Gasteiger partial charge in [0.15, 0.2) is 0 Å². The first kappa shape index (κ1) is 13.9. The molecule has 0 aromatic heterocycles. The molecule has 1 aliphatic heterocycles. The van der Waals surface area contributed by atoms with Gasteiger partial charge in [0, 0.05) is 39.1 Å². The zero-order valence-electron chi connectivity index (χ0n) is 11.3. The molecule has 1 fully saturated rings. The van der Waals surface area contributed by atoms with E-state index in [9.17, 15) is 5.11 Å². The van der Waals surface area contributed by atoms with Crippen LogP contribution in [0.15, 0.2) is 24.3 Å². The van der Waals surface area contributed by atoms with E-state index in [4.69, 9.17) is 5.26 Å². The van der Waals surface area contributed by atoms with Gasteiger partial charge in [-0.2, -0.15) is 5.26 Å². The predicted molar refractivity (Wildman–Crippen MR) is 74.7 cm³/mol. The zero-order valence-corrected chi connectivity index (χ0v) is 11.3. The Morgan fingerprint density at radius 3 is 2.58 bits per heavy atom. The van der Waals surface area contributed by atoms with Gasteiger partial charge in [-0.05, 0) is 30.7 Å². The Balaban J connectivity index is 1.73. The maximum atomic E-state index is 9.45. The first-order valence-corrected chi connectivity index (χ1v) is 6.87. The van der Waals surface area contributed by atoms with Gasteiger partial charge in [0.2, 0.25) is 0 Å². The second-order valence-corrected chi connectivity index (χ2v) is 5.05. The molecule has 0 radical (unpaired) electrons. The minimum Gasteiger partial charge on any atom is -0.508 e. The van der Waals surface area contributed by atoms with E-state index in [-0.39, 0.29) is 0 Å². The second-order valence-electron chi connectivity index (χ2n) is 5.05. The van der Waals surface area contributed by atoms with Crippen LogP contribution in [0.4, 0.5) is 0 Å². The first-order chi connectivity index (χ1) is 9.28. The van der Waals surface area contributed by atoms with Crippen LogP contribution in [0.2, 0.25) is 0 Å². The quantitative estimate of drug-likeness (QED) is 0.819. The van der Waals surface area contributed by atoms with Gasteiger partial charge in [0.05, 0.1) is 6.07 Å². The van der Waals surface area contributed by atoms with Crippen LogP contribution in [-0.2, 0) is 6.54 Å². The van der Waals surface area contributed by atoms with Crippen molar-refractivity contribution < 1.29 is 5.11 Å². The van der Waals surface area contributed by atoms with Gasteiger partial charge in [-0.25, -0.2) is 0 Å². The smallest absolute Gasteiger partial charge is 0.115 e. The molecule has 1 aliphatic rings. The molecule has 4 heteroatoms. The van der Waals surface area contributed by atoms with Crippen molar-refractivity contribution in [1.29, 1.82) is 5.26 Å². The lowest BCUT2D eigenvalue weighted by Gasteiger charge is -2.34. The van der Waals surface area contributed by atoms with Gasteiger partial charge in [-0.15, -0.1) is 0 Å². The third kappa shape index (κ3) is 4.55. The Hall–Kier alpha value is -1.57. The molecule has 0 aliphatic carbocycles. The number of unbranched alkanes of at least 4 members (excludes halogenated alkanes) is 1. The fourth-order valence-corrected chi connectivity index (χ4v) is 2.47. The molecule has 1 saturated heterocycles. The monoisotopic (exact) mass is 259 g/mol. The maximum Gasteiger partial charge on any atom is 0.115 e. The van der Waals surface area contributed by atoms with Gasteiger partial charge >= 0.3 is 0 Å². The number of phenolic OH excluding ortho intramolecular Hbond substituents is 1. The molecule has 4 nitrogen and oxygen atoms in total. The van der Waals surface area contributed by atoms with Gasteiger partial charge in [0.25, 0.3) is 0 Å². The summed E-state index contributed by atoms with van der Waals surface area (Å²) in [7, 11) is 0. The Morgan fingerprint density at radius 1 is 1.16 bits per heavy atom. The number of nitriles is 1. The molecule has 0 atom stereocenters. The third-order valence-electron chi connectivity index (χ3n) is 3.54. The minimum absolute atomic E-state index is 0.340. The SMILES string of the molecule is N#CCCCN1CCN(Cc2cccc(O)c2)CC1. The van der Waals surface area contributed by atoms with E-state index < -0.39 is 0 Å². The molecule has 0 saturated carbocycles. The molecule has 19 heavy (non-hydrogen) atoms. The summed E-state index contributed by atoms with van der Waals surface area (Å²) in [5, 5.41) is 18.0. The van der Waals surface area contributed by atoms with Gasteiger partial charge in [-0.3, -0.25) is 4.90 Å². The molecule has 0 unspecified atom stereocenters. The number of rotatable bonds is 5. The highest BCUT2D eigenvalue weighted by molar-refractivity contribution is 5.27. The number of benzene rings is 1. The number of piperazine rings is 1. The van der Waals surface area contributed by atoms with E-state index in [1.807, 2.05) is 12.1 Å². The molecule has 0 spiro atoms. The lowest BCUT2D eigenvalue weighted by atomic mass is 10.2. The molecular formula is C15H21N3O. The zero-order chi connectivity index (χ0) is 13.5. The average molecular weight is 259 g/mol. The molecule has 1 aromatic carbocycles. The van der Waals surface area contributed by atoms with E-state index in [0.29, 0.717) is 12.2 Å². The van der Waals surface area contributed by atoms with Crippen LogP contribution >= 0.6 is 0 Å². The van der Waals surface area contributed by atoms with E-state index in [2.05, 4.69) is 21.9 Å². The van der Waals surface area contributed by atoms with Crippen LogP contribution in [-0.4, -0.2) is 47.6 Å². The fourth-order valence-electron chi connectivity index (χ4n) is 2.47. The summed E-state index contributed by atoms with van der Waals surface area (Å²) in [6.45, 7) is 6.20. The van der Waals surface area contributed by atoms with Crippen molar-refractivity contribution in [3.05, 3.63) is 29.8 Å². The molecule has 1 N–H and O–H groups in total. The van der Waals surface area contributed by atoms with Crippen molar-refractivity contribution in [1.82, 2.24) is 9.80 Å². The Bertz CT molecular complexity index is 433. The lowest BCUT2D eigenvalue weighted by Crippen LogP contribution is -2.46. The normalized spacial score (nSPS) is 17.2.